The van der Waals surface area contributed by atoms with E-state index in [9.17, 15) is 0 Å². The molecule has 0 radical (unpaired) electrons. The predicted octanol–water partition coefficient (Wildman–Crippen LogP) is 0.0368. The van der Waals surface area contributed by atoms with E-state index >= 15 is 0 Å². The Morgan fingerprint density at radius 1 is 1.16 bits per heavy atom. The summed E-state index contributed by atoms with van der Waals surface area (Å²) in [5.74, 6) is 0. The van der Waals surface area contributed by atoms with Gasteiger partial charge in [-0.05, 0) is 24.3 Å². The molecule has 0 spiro atoms. The van der Waals surface area contributed by atoms with E-state index in [0.29, 0.717) is 13.2 Å². The molecule has 0 saturated carbocycles. The van der Waals surface area contributed by atoms with Gasteiger partial charge in [0.2, 0.25) is 0 Å². The van der Waals surface area contributed by atoms with Crippen LogP contribution in [0.1, 0.15) is 0 Å². The van der Waals surface area contributed by atoms with Gasteiger partial charge >= 0.3 is 10.4 Å². The van der Waals surface area contributed by atoms with Gasteiger partial charge in [0.05, 0.1) is 19.8 Å². The normalized spacial score (nSPS) is 10.5. The molecule has 110 valence electrons. The third-order valence-electron chi connectivity index (χ3n) is 1.72. The Labute approximate surface area is 111 Å². The van der Waals surface area contributed by atoms with Crippen LogP contribution in [0.5, 0.6) is 0 Å². The minimum absolute atomic E-state index is 0.0713. The number of aliphatic hydroxyl groups excluding tert-OH is 1. The van der Waals surface area contributed by atoms with Crippen molar-refractivity contribution in [2.75, 3.05) is 37.4 Å². The van der Waals surface area contributed by atoms with Crippen molar-refractivity contribution >= 4 is 21.8 Å². The number of nitrogen functional groups attached to an aromatic ring is 1. The molecule has 1 aromatic carbocycles. The summed E-state index contributed by atoms with van der Waals surface area (Å²) in [6.45, 7) is 1.78. The van der Waals surface area contributed by atoms with Crippen LogP contribution in [0.2, 0.25) is 0 Å². The van der Waals surface area contributed by atoms with E-state index in [1.165, 1.54) is 0 Å². The molecule has 6 N–H and O–H groups in total. The number of hydrogen-bond donors (Lipinski definition) is 5. The van der Waals surface area contributed by atoms with Crippen LogP contribution in [0.4, 0.5) is 11.4 Å². The number of hydrogen-bond acceptors (Lipinski definition) is 6. The van der Waals surface area contributed by atoms with Gasteiger partial charge in [0.25, 0.3) is 0 Å². The lowest BCUT2D eigenvalue weighted by atomic mass is 10.3. The summed E-state index contributed by atoms with van der Waals surface area (Å²) in [4.78, 5) is 0. The largest absolute Gasteiger partial charge is 0.399 e. The van der Waals surface area contributed by atoms with E-state index in [0.717, 1.165) is 17.9 Å². The van der Waals surface area contributed by atoms with Crippen molar-refractivity contribution in [3.05, 3.63) is 24.3 Å². The van der Waals surface area contributed by atoms with Crippen molar-refractivity contribution in [3.8, 4) is 0 Å². The van der Waals surface area contributed by atoms with Crippen LogP contribution in [0.3, 0.4) is 0 Å². The summed E-state index contributed by atoms with van der Waals surface area (Å²) in [5, 5.41) is 11.6. The van der Waals surface area contributed by atoms with E-state index in [1.54, 1.807) is 0 Å². The Morgan fingerprint density at radius 2 is 1.68 bits per heavy atom. The lowest BCUT2D eigenvalue weighted by molar-refractivity contribution is 0.0992. The number of ether oxygens (including phenoxy) is 1. The molecule has 19 heavy (non-hydrogen) atoms. The van der Waals surface area contributed by atoms with Crippen LogP contribution in [0.15, 0.2) is 24.3 Å². The smallest absolute Gasteiger partial charge is 0.394 e. The van der Waals surface area contributed by atoms with Crippen LogP contribution in [0.25, 0.3) is 0 Å². The summed E-state index contributed by atoms with van der Waals surface area (Å²) in [7, 11) is -4.67. The molecule has 9 heteroatoms. The number of nitrogens with two attached hydrogens (primary N) is 1. The fraction of sp³-hybridized carbons (Fsp3) is 0.400. The zero-order valence-electron chi connectivity index (χ0n) is 10.2. The summed E-state index contributed by atoms with van der Waals surface area (Å²) < 4.78 is 36.7. The Morgan fingerprint density at radius 3 is 2.16 bits per heavy atom. The molecule has 0 aliphatic rings. The van der Waals surface area contributed by atoms with E-state index in [4.69, 9.17) is 33.1 Å². The topological polar surface area (TPSA) is 142 Å². The zero-order chi connectivity index (χ0) is 14.7. The number of anilines is 2. The lowest BCUT2D eigenvalue weighted by Gasteiger charge is -2.06. The molecule has 0 heterocycles. The third kappa shape index (κ3) is 14.6. The lowest BCUT2D eigenvalue weighted by Crippen LogP contribution is -2.11. The summed E-state index contributed by atoms with van der Waals surface area (Å²) in [6.07, 6.45) is 0. The van der Waals surface area contributed by atoms with Crippen molar-refractivity contribution in [1.82, 2.24) is 0 Å². The monoisotopic (exact) mass is 294 g/mol. The van der Waals surface area contributed by atoms with E-state index in [1.807, 2.05) is 24.3 Å². The van der Waals surface area contributed by atoms with Crippen LogP contribution in [0, 0.1) is 0 Å². The quantitative estimate of drug-likeness (QED) is 0.281. The van der Waals surface area contributed by atoms with E-state index in [-0.39, 0.29) is 6.61 Å². The Hall–Kier alpha value is -1.39. The van der Waals surface area contributed by atoms with Crippen molar-refractivity contribution in [2.24, 2.45) is 0 Å². The minimum Gasteiger partial charge on any atom is -0.399 e. The summed E-state index contributed by atoms with van der Waals surface area (Å²) in [6, 6.07) is 7.52. The van der Waals surface area contributed by atoms with Gasteiger partial charge in [0, 0.05) is 17.9 Å². The SMILES string of the molecule is Nc1ccc(NCCOCCO)cc1.O=S(=O)(O)O. The van der Waals surface area contributed by atoms with Crippen LogP contribution >= 0.6 is 0 Å². The van der Waals surface area contributed by atoms with Gasteiger partial charge in [-0.15, -0.1) is 0 Å². The second kappa shape index (κ2) is 9.53. The predicted molar refractivity (Wildman–Crippen MR) is 71.4 cm³/mol. The van der Waals surface area contributed by atoms with Gasteiger partial charge in [-0.2, -0.15) is 8.42 Å². The highest BCUT2D eigenvalue weighted by Crippen LogP contribution is 2.09. The highest BCUT2D eigenvalue weighted by atomic mass is 32.3. The molecular weight excluding hydrogens is 276 g/mol. The molecule has 0 fully saturated rings. The Bertz CT molecular complexity index is 426. The molecule has 0 amide bonds. The first-order valence-electron chi connectivity index (χ1n) is 5.31. The molecule has 0 aromatic heterocycles. The second-order valence-electron chi connectivity index (χ2n) is 3.33. The first-order valence-corrected chi connectivity index (χ1v) is 6.70. The van der Waals surface area contributed by atoms with Crippen LogP contribution < -0.4 is 11.1 Å². The maximum absolute atomic E-state index is 8.74. The van der Waals surface area contributed by atoms with E-state index < -0.39 is 10.4 Å². The third-order valence-corrected chi connectivity index (χ3v) is 1.72. The molecule has 0 atom stereocenters. The van der Waals surface area contributed by atoms with Gasteiger partial charge in [0.1, 0.15) is 0 Å². The molecule has 0 aliphatic carbocycles. The van der Waals surface area contributed by atoms with Gasteiger partial charge in [-0.3, -0.25) is 9.11 Å². The zero-order valence-corrected chi connectivity index (χ0v) is 11.0. The highest BCUT2D eigenvalue weighted by molar-refractivity contribution is 7.79. The van der Waals surface area contributed by atoms with Gasteiger partial charge in [0.15, 0.2) is 0 Å². The maximum Gasteiger partial charge on any atom is 0.394 e. The first kappa shape index (κ1) is 17.6. The van der Waals surface area contributed by atoms with Gasteiger partial charge in [-0.25, -0.2) is 0 Å². The molecule has 0 unspecified atom stereocenters. The van der Waals surface area contributed by atoms with Crippen molar-refractivity contribution < 1.29 is 27.4 Å². The Balaban J connectivity index is 0.000000555. The minimum atomic E-state index is -4.67. The Kier molecular flexibility index (Phi) is 8.83. The van der Waals surface area contributed by atoms with Crippen molar-refractivity contribution in [2.45, 2.75) is 0 Å². The van der Waals surface area contributed by atoms with Crippen LogP contribution in [-0.2, 0) is 15.1 Å². The molecule has 1 aromatic rings. The molecule has 0 bridgehead atoms. The standard InChI is InChI=1S/C10H16N2O2.H2O4S/c11-9-1-3-10(4-2-9)12-5-7-14-8-6-13;1-5(2,3)4/h1-4,12-13H,5-8,11H2;(H2,1,2,3,4). The van der Waals surface area contributed by atoms with Crippen LogP contribution in [-0.4, -0.2) is 49.0 Å². The van der Waals surface area contributed by atoms with Gasteiger partial charge in [-0.1, -0.05) is 0 Å². The van der Waals surface area contributed by atoms with E-state index in [2.05, 4.69) is 5.32 Å². The number of aliphatic hydroxyl groups is 1. The maximum atomic E-state index is 8.74. The summed E-state index contributed by atoms with van der Waals surface area (Å²) in [5.41, 5.74) is 7.32. The molecule has 1 rings (SSSR count). The molecular formula is C10H18N2O6S. The fourth-order valence-corrected chi connectivity index (χ4v) is 1.04. The average Bonchev–Trinajstić information content (AvgIpc) is 2.29. The van der Waals surface area contributed by atoms with Crippen molar-refractivity contribution in [3.63, 3.8) is 0 Å². The molecule has 0 aliphatic heterocycles. The van der Waals surface area contributed by atoms with Gasteiger partial charge < -0.3 is 20.9 Å². The molecule has 0 saturated heterocycles. The average molecular weight is 294 g/mol. The van der Waals surface area contributed by atoms with Crippen molar-refractivity contribution in [1.29, 1.82) is 0 Å². The first-order chi connectivity index (χ1) is 8.83. The second-order valence-corrected chi connectivity index (χ2v) is 4.23. The number of benzene rings is 1. The number of nitrogens with one attached hydrogen (secondary N) is 1. The summed E-state index contributed by atoms with van der Waals surface area (Å²) >= 11 is 0. The number of rotatable bonds is 6. The molecule has 8 nitrogen and oxygen atoms in total. The fourth-order valence-electron chi connectivity index (χ4n) is 1.04. The highest BCUT2D eigenvalue weighted by Gasteiger charge is 1.91.